The van der Waals surface area contributed by atoms with E-state index in [0.717, 1.165) is 37.2 Å². The van der Waals surface area contributed by atoms with Crippen molar-refractivity contribution >= 4 is 29.0 Å². The molecule has 1 atom stereocenters. The van der Waals surface area contributed by atoms with Gasteiger partial charge in [0.05, 0.1) is 5.69 Å². The van der Waals surface area contributed by atoms with Gasteiger partial charge in [-0.3, -0.25) is 0 Å². The number of aliphatic carboxylic acids is 1. The van der Waals surface area contributed by atoms with Crippen molar-refractivity contribution in [3.63, 3.8) is 0 Å². The molecule has 1 unspecified atom stereocenters. The molecule has 1 aliphatic rings. The fraction of sp³-hybridized carbons (Fsp3) is 0.538. The molecule has 1 aromatic heterocycles. The predicted octanol–water partition coefficient (Wildman–Crippen LogP) is 2.56. The van der Waals surface area contributed by atoms with Crippen molar-refractivity contribution in [3.05, 3.63) is 16.3 Å². The topological polar surface area (TPSA) is 90.5 Å². The van der Waals surface area contributed by atoms with E-state index in [0.29, 0.717) is 0 Å². The van der Waals surface area contributed by atoms with Crippen molar-refractivity contribution in [2.45, 2.75) is 32.0 Å². The van der Waals surface area contributed by atoms with Crippen molar-refractivity contribution < 1.29 is 27.9 Å². The Hall–Kier alpha value is -1.81. The molecule has 1 aliphatic heterocycles. The summed E-state index contributed by atoms with van der Waals surface area (Å²) >= 11 is 1.60. The van der Waals surface area contributed by atoms with Gasteiger partial charge in [-0.1, -0.05) is 0 Å². The SMILES string of the molecule is Cc1cscc1NC(=O)NC1CCCNC1.O=C(O)C(F)(F)F. The molecule has 6 nitrogen and oxygen atoms in total. The van der Waals surface area contributed by atoms with E-state index in [9.17, 15) is 18.0 Å². The van der Waals surface area contributed by atoms with Gasteiger partial charge in [0.2, 0.25) is 0 Å². The first-order valence-corrected chi connectivity index (χ1v) is 7.75. The molecule has 4 N–H and O–H groups in total. The second-order valence-corrected chi connectivity index (χ2v) is 5.66. The largest absolute Gasteiger partial charge is 0.490 e. The molecule has 2 rings (SSSR count). The summed E-state index contributed by atoms with van der Waals surface area (Å²) in [4.78, 5) is 20.6. The van der Waals surface area contributed by atoms with Crippen LogP contribution in [0.25, 0.3) is 0 Å². The molecule has 23 heavy (non-hydrogen) atoms. The normalized spacial score (nSPS) is 17.7. The first-order valence-electron chi connectivity index (χ1n) is 6.81. The highest BCUT2D eigenvalue weighted by molar-refractivity contribution is 7.08. The number of hydrogen-bond acceptors (Lipinski definition) is 4. The van der Waals surface area contributed by atoms with Gasteiger partial charge in [-0.15, -0.1) is 11.3 Å². The van der Waals surface area contributed by atoms with Crippen LogP contribution in [-0.2, 0) is 4.79 Å². The van der Waals surface area contributed by atoms with Crippen LogP contribution in [0.5, 0.6) is 0 Å². The zero-order chi connectivity index (χ0) is 17.5. The summed E-state index contributed by atoms with van der Waals surface area (Å²) in [6.45, 7) is 3.92. The number of carbonyl (C=O) groups is 2. The van der Waals surface area contributed by atoms with Crippen molar-refractivity contribution in [2.24, 2.45) is 0 Å². The maximum Gasteiger partial charge on any atom is 0.490 e. The van der Waals surface area contributed by atoms with Gasteiger partial charge in [-0.2, -0.15) is 13.2 Å². The molecule has 1 aromatic rings. The fourth-order valence-corrected chi connectivity index (χ4v) is 2.59. The summed E-state index contributed by atoms with van der Waals surface area (Å²) in [5.41, 5.74) is 2.02. The van der Waals surface area contributed by atoms with E-state index in [2.05, 4.69) is 16.0 Å². The maximum absolute atomic E-state index is 11.7. The number of hydrogen-bond donors (Lipinski definition) is 4. The third-order valence-electron chi connectivity index (χ3n) is 2.98. The molecular formula is C13H18F3N3O3S. The Morgan fingerprint density at radius 2 is 2.04 bits per heavy atom. The summed E-state index contributed by atoms with van der Waals surface area (Å²) in [5, 5.41) is 20.2. The van der Waals surface area contributed by atoms with E-state index >= 15 is 0 Å². The van der Waals surface area contributed by atoms with Crippen molar-refractivity contribution in [3.8, 4) is 0 Å². The van der Waals surface area contributed by atoms with Crippen molar-refractivity contribution in [1.29, 1.82) is 0 Å². The Morgan fingerprint density at radius 1 is 1.39 bits per heavy atom. The maximum atomic E-state index is 11.7. The quantitative estimate of drug-likeness (QED) is 0.658. The Kier molecular flexibility index (Phi) is 7.30. The molecule has 0 aliphatic carbocycles. The summed E-state index contributed by atoms with van der Waals surface area (Å²) in [6, 6.07) is 0.155. The molecule has 2 amide bonds. The van der Waals surface area contributed by atoms with Crippen LogP contribution in [-0.4, -0.2) is 42.4 Å². The third kappa shape index (κ3) is 7.33. The van der Waals surface area contributed by atoms with E-state index in [1.54, 1.807) is 11.3 Å². The molecule has 0 bridgehead atoms. The molecule has 0 saturated carbocycles. The van der Waals surface area contributed by atoms with Crippen LogP contribution in [0.4, 0.5) is 23.7 Å². The van der Waals surface area contributed by atoms with E-state index < -0.39 is 12.1 Å². The van der Waals surface area contributed by atoms with Gasteiger partial charge < -0.3 is 21.1 Å². The number of carboxylic acids is 1. The molecule has 0 aromatic carbocycles. The molecule has 1 saturated heterocycles. The third-order valence-corrected chi connectivity index (χ3v) is 3.84. The number of thiophene rings is 1. The Balaban J connectivity index is 0.000000322. The van der Waals surface area contributed by atoms with E-state index in [1.807, 2.05) is 17.7 Å². The second kappa shape index (κ2) is 8.73. The van der Waals surface area contributed by atoms with Crippen molar-refractivity contribution in [1.82, 2.24) is 10.6 Å². The molecular weight excluding hydrogens is 335 g/mol. The first kappa shape index (κ1) is 19.2. The smallest absolute Gasteiger partial charge is 0.475 e. The van der Waals surface area contributed by atoms with Gasteiger partial charge in [0, 0.05) is 18.0 Å². The number of carbonyl (C=O) groups excluding carboxylic acids is 1. The number of aryl methyl sites for hydroxylation is 1. The average molecular weight is 353 g/mol. The molecule has 0 radical (unpaired) electrons. The van der Waals surface area contributed by atoms with Crippen LogP contribution < -0.4 is 16.0 Å². The monoisotopic (exact) mass is 353 g/mol. The Labute approximate surface area is 135 Å². The first-order chi connectivity index (χ1) is 10.7. The van der Waals surface area contributed by atoms with Crippen molar-refractivity contribution in [2.75, 3.05) is 18.4 Å². The molecule has 0 spiro atoms. The van der Waals surface area contributed by atoms with Gasteiger partial charge in [-0.25, -0.2) is 9.59 Å². The van der Waals surface area contributed by atoms with Gasteiger partial charge in [-0.05, 0) is 37.3 Å². The minimum atomic E-state index is -5.08. The van der Waals surface area contributed by atoms with Gasteiger partial charge >= 0.3 is 18.2 Å². The van der Waals surface area contributed by atoms with Crippen LogP contribution in [0.1, 0.15) is 18.4 Å². The minimum Gasteiger partial charge on any atom is -0.475 e. The number of anilines is 1. The number of piperidine rings is 1. The lowest BCUT2D eigenvalue weighted by molar-refractivity contribution is -0.192. The van der Waals surface area contributed by atoms with E-state index in [-0.39, 0.29) is 12.1 Å². The van der Waals surface area contributed by atoms with Crippen LogP contribution in [0.15, 0.2) is 10.8 Å². The predicted molar refractivity (Wildman–Crippen MR) is 80.8 cm³/mol. The van der Waals surface area contributed by atoms with Crippen LogP contribution in [0.2, 0.25) is 0 Å². The second-order valence-electron chi connectivity index (χ2n) is 4.91. The number of urea groups is 1. The zero-order valence-corrected chi connectivity index (χ0v) is 13.2. The highest BCUT2D eigenvalue weighted by Crippen LogP contribution is 2.19. The molecule has 130 valence electrons. The number of amides is 2. The summed E-state index contributed by atoms with van der Waals surface area (Å²) in [6.07, 6.45) is -2.90. The molecule has 2 heterocycles. The van der Waals surface area contributed by atoms with E-state index in [1.165, 1.54) is 0 Å². The van der Waals surface area contributed by atoms with Crippen LogP contribution in [0.3, 0.4) is 0 Å². The minimum absolute atomic E-state index is 0.102. The lowest BCUT2D eigenvalue weighted by atomic mass is 10.1. The van der Waals surface area contributed by atoms with Crippen LogP contribution in [0, 0.1) is 6.92 Å². The Bertz CT molecular complexity index is 528. The number of halogens is 3. The highest BCUT2D eigenvalue weighted by Gasteiger charge is 2.38. The van der Waals surface area contributed by atoms with E-state index in [4.69, 9.17) is 9.90 Å². The zero-order valence-electron chi connectivity index (χ0n) is 12.4. The lowest BCUT2D eigenvalue weighted by Gasteiger charge is -2.23. The lowest BCUT2D eigenvalue weighted by Crippen LogP contribution is -2.47. The van der Waals surface area contributed by atoms with Gasteiger partial charge in [0.1, 0.15) is 0 Å². The van der Waals surface area contributed by atoms with Gasteiger partial charge in [0.15, 0.2) is 0 Å². The van der Waals surface area contributed by atoms with Gasteiger partial charge in [0.25, 0.3) is 0 Å². The standard InChI is InChI=1S/C11H17N3OS.C2HF3O2/c1-8-6-16-7-10(8)14-11(15)13-9-3-2-4-12-5-9;3-2(4,5)1(6)7/h6-7,9,12H,2-5H2,1H3,(H2,13,14,15);(H,6,7). The number of rotatable bonds is 2. The van der Waals surface area contributed by atoms with Crippen LogP contribution >= 0.6 is 11.3 Å². The fourth-order valence-electron chi connectivity index (χ4n) is 1.81. The molecule has 10 heteroatoms. The summed E-state index contributed by atoms with van der Waals surface area (Å²) in [7, 11) is 0. The number of nitrogens with one attached hydrogen (secondary N) is 3. The Morgan fingerprint density at radius 3 is 2.48 bits per heavy atom. The molecule has 1 fully saturated rings. The number of alkyl halides is 3. The number of carboxylic acid groups (broad SMARTS) is 1. The average Bonchev–Trinajstić information content (AvgIpc) is 2.85. The summed E-state index contributed by atoms with van der Waals surface area (Å²) in [5.74, 6) is -2.76. The summed E-state index contributed by atoms with van der Waals surface area (Å²) < 4.78 is 31.7. The highest BCUT2D eigenvalue weighted by atomic mass is 32.1.